The van der Waals surface area contributed by atoms with Gasteiger partial charge < -0.3 is 10.3 Å². The van der Waals surface area contributed by atoms with Crippen LogP contribution in [0.3, 0.4) is 0 Å². The van der Waals surface area contributed by atoms with Crippen LogP contribution in [-0.4, -0.2) is 15.6 Å². The zero-order valence-corrected chi connectivity index (χ0v) is 11.3. The van der Waals surface area contributed by atoms with E-state index in [1.165, 1.54) is 6.07 Å². The second kappa shape index (κ2) is 5.61. The number of nitrogens with zero attached hydrogens (tertiary/aromatic N) is 2. The molecule has 1 heterocycles. The van der Waals surface area contributed by atoms with Crippen LogP contribution in [0.25, 0.3) is 11.0 Å². The maximum Gasteiger partial charge on any atom is 0.126 e. The van der Waals surface area contributed by atoms with Crippen LogP contribution in [0.4, 0.5) is 8.78 Å². The lowest BCUT2D eigenvalue weighted by atomic mass is 10.1. The van der Waals surface area contributed by atoms with E-state index < -0.39 is 11.6 Å². The standard InChI is InChI=1S/C16H15F2N3/c17-12-5-6-14(18)11(7-12)8-13(19)9-21-10-20-15-3-1-2-4-16(15)21/h1-7,10,13H,8-9,19H2. The topological polar surface area (TPSA) is 43.8 Å². The van der Waals surface area contributed by atoms with Crippen molar-refractivity contribution in [3.05, 3.63) is 66.0 Å². The fraction of sp³-hybridized carbons (Fsp3) is 0.188. The number of imidazole rings is 1. The van der Waals surface area contributed by atoms with Gasteiger partial charge in [0, 0.05) is 12.6 Å². The summed E-state index contributed by atoms with van der Waals surface area (Å²) in [4.78, 5) is 4.28. The van der Waals surface area contributed by atoms with E-state index in [0.29, 0.717) is 12.1 Å². The lowest BCUT2D eigenvalue weighted by Crippen LogP contribution is -2.28. The molecule has 3 rings (SSSR count). The Balaban J connectivity index is 1.77. The molecule has 0 saturated carbocycles. The molecule has 3 aromatic rings. The molecule has 2 aromatic carbocycles. The Bertz CT molecular complexity index is 767. The Morgan fingerprint density at radius 2 is 1.95 bits per heavy atom. The van der Waals surface area contributed by atoms with E-state index in [9.17, 15) is 8.78 Å². The number of hydrogen-bond acceptors (Lipinski definition) is 2. The predicted molar refractivity (Wildman–Crippen MR) is 77.8 cm³/mol. The van der Waals surface area contributed by atoms with Gasteiger partial charge in [-0.15, -0.1) is 0 Å². The molecule has 1 atom stereocenters. The number of nitrogens with two attached hydrogens (primary N) is 1. The first-order valence-electron chi connectivity index (χ1n) is 6.73. The number of benzene rings is 2. The Morgan fingerprint density at radius 3 is 2.81 bits per heavy atom. The number of aromatic nitrogens is 2. The van der Waals surface area contributed by atoms with Gasteiger partial charge in [0.15, 0.2) is 0 Å². The average Bonchev–Trinajstić information content (AvgIpc) is 2.86. The molecule has 3 nitrogen and oxygen atoms in total. The molecule has 1 aromatic heterocycles. The first kappa shape index (κ1) is 13.7. The minimum atomic E-state index is -0.452. The van der Waals surface area contributed by atoms with Crippen LogP contribution >= 0.6 is 0 Å². The first-order chi connectivity index (χ1) is 10.1. The minimum Gasteiger partial charge on any atom is -0.329 e. The fourth-order valence-corrected chi connectivity index (χ4v) is 2.46. The zero-order valence-electron chi connectivity index (χ0n) is 11.3. The van der Waals surface area contributed by atoms with Crippen molar-refractivity contribution in [3.8, 4) is 0 Å². The second-order valence-corrected chi connectivity index (χ2v) is 5.09. The van der Waals surface area contributed by atoms with Crippen LogP contribution in [0, 0.1) is 11.6 Å². The summed E-state index contributed by atoms with van der Waals surface area (Å²) in [6, 6.07) is 10.8. The maximum atomic E-state index is 13.6. The van der Waals surface area contributed by atoms with Crippen molar-refractivity contribution in [2.24, 2.45) is 5.73 Å². The molecule has 1 unspecified atom stereocenters. The average molecular weight is 287 g/mol. The van der Waals surface area contributed by atoms with Gasteiger partial charge >= 0.3 is 0 Å². The van der Waals surface area contributed by atoms with Crippen LogP contribution in [0.2, 0.25) is 0 Å². The smallest absolute Gasteiger partial charge is 0.126 e. The summed E-state index contributed by atoms with van der Waals surface area (Å²) >= 11 is 0. The number of halogens is 2. The highest BCUT2D eigenvalue weighted by molar-refractivity contribution is 5.74. The molecule has 0 bridgehead atoms. The minimum absolute atomic E-state index is 0.274. The van der Waals surface area contributed by atoms with E-state index in [1.807, 2.05) is 28.8 Å². The number of para-hydroxylation sites is 2. The summed E-state index contributed by atoms with van der Waals surface area (Å²) < 4.78 is 28.7. The monoisotopic (exact) mass is 287 g/mol. The quantitative estimate of drug-likeness (QED) is 0.802. The summed E-state index contributed by atoms with van der Waals surface area (Å²) in [7, 11) is 0. The van der Waals surface area contributed by atoms with Gasteiger partial charge in [0.25, 0.3) is 0 Å². The predicted octanol–water partition coefficient (Wildman–Crippen LogP) is 2.88. The van der Waals surface area contributed by atoms with Crippen LogP contribution in [0.5, 0.6) is 0 Å². The van der Waals surface area contributed by atoms with Gasteiger partial charge in [0.2, 0.25) is 0 Å². The molecule has 0 aliphatic rings. The van der Waals surface area contributed by atoms with Gasteiger partial charge in [-0.25, -0.2) is 13.8 Å². The van der Waals surface area contributed by atoms with E-state index in [-0.39, 0.29) is 12.5 Å². The normalized spacial score (nSPS) is 12.7. The van der Waals surface area contributed by atoms with Crippen LogP contribution in [0.1, 0.15) is 5.56 Å². The molecule has 0 fully saturated rings. The highest BCUT2D eigenvalue weighted by Gasteiger charge is 2.11. The lowest BCUT2D eigenvalue weighted by Gasteiger charge is -2.14. The molecule has 0 aliphatic carbocycles. The Kier molecular flexibility index (Phi) is 3.66. The van der Waals surface area contributed by atoms with Crippen molar-refractivity contribution in [1.29, 1.82) is 0 Å². The maximum absolute atomic E-state index is 13.6. The second-order valence-electron chi connectivity index (χ2n) is 5.09. The van der Waals surface area contributed by atoms with Gasteiger partial charge in [0.05, 0.1) is 17.4 Å². The number of fused-ring (bicyclic) bond motifs is 1. The summed E-state index contributed by atoms with van der Waals surface area (Å²) in [6.45, 7) is 0.496. The largest absolute Gasteiger partial charge is 0.329 e. The van der Waals surface area contributed by atoms with Crippen molar-refractivity contribution < 1.29 is 8.78 Å². The van der Waals surface area contributed by atoms with Gasteiger partial charge in [0.1, 0.15) is 11.6 Å². The summed E-state index contributed by atoms with van der Waals surface area (Å²) in [5, 5.41) is 0. The van der Waals surface area contributed by atoms with Crippen LogP contribution in [-0.2, 0) is 13.0 Å². The first-order valence-corrected chi connectivity index (χ1v) is 6.73. The third-order valence-corrected chi connectivity index (χ3v) is 3.45. The van der Waals surface area contributed by atoms with Crippen molar-refractivity contribution in [2.45, 2.75) is 19.0 Å². The summed E-state index contributed by atoms with van der Waals surface area (Å²) in [6.07, 6.45) is 1.99. The third kappa shape index (κ3) is 2.92. The van der Waals surface area contributed by atoms with E-state index in [2.05, 4.69) is 4.98 Å². The third-order valence-electron chi connectivity index (χ3n) is 3.45. The highest BCUT2D eigenvalue weighted by Crippen LogP contribution is 2.15. The Labute approximate surface area is 121 Å². The lowest BCUT2D eigenvalue weighted by molar-refractivity contribution is 0.530. The molecule has 2 N–H and O–H groups in total. The number of rotatable bonds is 4. The summed E-state index contributed by atoms with van der Waals surface area (Å²) in [5.74, 6) is -0.881. The molecule has 0 saturated heterocycles. The van der Waals surface area contributed by atoms with Crippen molar-refractivity contribution >= 4 is 11.0 Å². The van der Waals surface area contributed by atoms with Crippen molar-refractivity contribution in [2.75, 3.05) is 0 Å². The molecule has 0 amide bonds. The van der Waals surface area contributed by atoms with E-state index in [1.54, 1.807) is 6.33 Å². The zero-order chi connectivity index (χ0) is 14.8. The molecule has 21 heavy (non-hydrogen) atoms. The van der Waals surface area contributed by atoms with Crippen molar-refractivity contribution in [3.63, 3.8) is 0 Å². The van der Waals surface area contributed by atoms with Crippen molar-refractivity contribution in [1.82, 2.24) is 9.55 Å². The Morgan fingerprint density at radius 1 is 1.14 bits per heavy atom. The fourth-order valence-electron chi connectivity index (χ4n) is 2.46. The van der Waals surface area contributed by atoms with Gasteiger partial charge in [-0.3, -0.25) is 0 Å². The van der Waals surface area contributed by atoms with Crippen LogP contribution in [0.15, 0.2) is 48.8 Å². The summed E-state index contributed by atoms with van der Waals surface area (Å²) in [5.41, 5.74) is 8.24. The molecule has 5 heteroatoms. The van der Waals surface area contributed by atoms with E-state index in [4.69, 9.17) is 5.73 Å². The molecule has 108 valence electrons. The molecule has 0 spiro atoms. The van der Waals surface area contributed by atoms with E-state index >= 15 is 0 Å². The number of hydrogen-bond donors (Lipinski definition) is 1. The van der Waals surface area contributed by atoms with Gasteiger partial charge in [-0.05, 0) is 42.3 Å². The SMILES string of the molecule is NC(Cc1cc(F)ccc1F)Cn1cnc2ccccc21. The van der Waals surface area contributed by atoms with Crippen LogP contribution < -0.4 is 5.73 Å². The molecule has 0 aliphatic heterocycles. The Hall–Kier alpha value is -2.27. The molecular weight excluding hydrogens is 272 g/mol. The molecule has 0 radical (unpaired) electrons. The highest BCUT2D eigenvalue weighted by atomic mass is 19.1. The molecular formula is C16H15F2N3. The van der Waals surface area contributed by atoms with Gasteiger partial charge in [-0.1, -0.05) is 12.1 Å². The van der Waals surface area contributed by atoms with Gasteiger partial charge in [-0.2, -0.15) is 0 Å². The van der Waals surface area contributed by atoms with E-state index in [0.717, 1.165) is 23.2 Å².